The van der Waals surface area contributed by atoms with Gasteiger partial charge in [0.15, 0.2) is 10.8 Å². The topological polar surface area (TPSA) is 112 Å². The molecule has 0 saturated carbocycles. The van der Waals surface area contributed by atoms with Crippen LogP contribution >= 0.6 is 11.3 Å². The number of carbonyl (C=O) groups excluding carboxylic acids is 1. The molecular weight excluding hydrogens is 404 g/mol. The molecule has 9 nitrogen and oxygen atoms in total. The van der Waals surface area contributed by atoms with Gasteiger partial charge in [-0.3, -0.25) is 14.6 Å². The van der Waals surface area contributed by atoms with E-state index in [4.69, 9.17) is 9.90 Å². The first-order valence-electron chi connectivity index (χ1n) is 9.39. The van der Waals surface area contributed by atoms with Crippen molar-refractivity contribution >= 4 is 29.4 Å². The number of aromatic nitrogens is 4. The molecule has 4 rings (SSSR count). The van der Waals surface area contributed by atoms with Crippen molar-refractivity contribution in [3.05, 3.63) is 53.6 Å². The van der Waals surface area contributed by atoms with Crippen LogP contribution in [0.5, 0.6) is 0 Å². The van der Waals surface area contributed by atoms with E-state index in [0.29, 0.717) is 23.1 Å². The summed E-state index contributed by atoms with van der Waals surface area (Å²) in [5, 5.41) is 9.35. The van der Waals surface area contributed by atoms with Crippen molar-refractivity contribution in [3.8, 4) is 10.8 Å². The normalized spacial score (nSPS) is 13.8. The lowest BCUT2D eigenvalue weighted by Crippen LogP contribution is -2.35. The molecule has 0 bridgehead atoms. The minimum atomic E-state index is -0.250. The van der Waals surface area contributed by atoms with Crippen LogP contribution in [0.4, 0.5) is 5.69 Å². The molecule has 0 spiro atoms. The summed E-state index contributed by atoms with van der Waals surface area (Å²) < 4.78 is 0. The number of thiazole rings is 1. The van der Waals surface area contributed by atoms with Gasteiger partial charge in [0.25, 0.3) is 12.4 Å². The molecule has 1 fully saturated rings. The fourth-order valence-corrected chi connectivity index (χ4v) is 3.97. The summed E-state index contributed by atoms with van der Waals surface area (Å²) in [6, 6.07) is 3.80. The first-order chi connectivity index (χ1) is 14.6. The summed E-state index contributed by atoms with van der Waals surface area (Å²) in [7, 11) is 0. The number of hydrogen-bond acceptors (Lipinski definition) is 8. The van der Waals surface area contributed by atoms with Gasteiger partial charge in [-0.15, -0.1) is 11.3 Å². The van der Waals surface area contributed by atoms with Crippen LogP contribution in [-0.4, -0.2) is 68.5 Å². The second-order valence-corrected chi connectivity index (χ2v) is 7.37. The number of carboxylic acid groups (broad SMARTS) is 1. The van der Waals surface area contributed by atoms with Crippen molar-refractivity contribution < 1.29 is 14.7 Å². The van der Waals surface area contributed by atoms with Crippen molar-refractivity contribution in [2.45, 2.75) is 13.3 Å². The standard InChI is InChI=1S/C19H20N6OS.CH2O2/c1-14-12-20-7-4-16(14)24-8-3-9-25(11-10-24)19(26)15-13-27-18(23-15)17-21-5-2-6-22-17;2-1-3/h2,4-7,12-13H,3,8-11H2,1H3;1H,(H,2,3). The van der Waals surface area contributed by atoms with Crippen LogP contribution in [0.25, 0.3) is 10.8 Å². The Balaban J connectivity index is 0.000000806. The molecule has 4 heterocycles. The largest absolute Gasteiger partial charge is 0.483 e. The molecule has 1 amide bonds. The number of rotatable bonds is 3. The molecule has 10 heteroatoms. The Kier molecular flexibility index (Phi) is 7.39. The summed E-state index contributed by atoms with van der Waals surface area (Å²) in [5.74, 6) is 0.526. The van der Waals surface area contributed by atoms with Crippen molar-refractivity contribution in [3.63, 3.8) is 0 Å². The molecule has 0 unspecified atom stereocenters. The number of anilines is 1. The fourth-order valence-electron chi connectivity index (χ4n) is 3.23. The van der Waals surface area contributed by atoms with Gasteiger partial charge in [-0.05, 0) is 31.0 Å². The third-order valence-electron chi connectivity index (χ3n) is 4.59. The average Bonchev–Trinajstić information content (AvgIpc) is 3.14. The van der Waals surface area contributed by atoms with Gasteiger partial charge in [0.1, 0.15) is 5.69 Å². The summed E-state index contributed by atoms with van der Waals surface area (Å²) in [6.07, 6.45) is 7.97. The molecule has 0 atom stereocenters. The van der Waals surface area contributed by atoms with E-state index in [2.05, 4.69) is 31.8 Å². The highest BCUT2D eigenvalue weighted by Crippen LogP contribution is 2.23. The van der Waals surface area contributed by atoms with Crippen LogP contribution in [0.2, 0.25) is 0 Å². The van der Waals surface area contributed by atoms with Gasteiger partial charge < -0.3 is 14.9 Å². The third-order valence-corrected chi connectivity index (χ3v) is 5.43. The highest BCUT2D eigenvalue weighted by Gasteiger charge is 2.23. The Labute approximate surface area is 178 Å². The number of nitrogens with zero attached hydrogens (tertiary/aromatic N) is 6. The van der Waals surface area contributed by atoms with Crippen molar-refractivity contribution in [2.75, 3.05) is 31.1 Å². The molecule has 0 aromatic carbocycles. The highest BCUT2D eigenvalue weighted by molar-refractivity contribution is 7.13. The Morgan fingerprint density at radius 1 is 1.17 bits per heavy atom. The highest BCUT2D eigenvalue weighted by atomic mass is 32.1. The van der Waals surface area contributed by atoms with Crippen LogP contribution in [0.1, 0.15) is 22.5 Å². The van der Waals surface area contributed by atoms with Gasteiger partial charge in [0.05, 0.1) is 0 Å². The maximum Gasteiger partial charge on any atom is 0.290 e. The summed E-state index contributed by atoms with van der Waals surface area (Å²) in [6.45, 7) is 4.95. The molecule has 1 aliphatic heterocycles. The predicted molar refractivity (Wildman–Crippen MR) is 114 cm³/mol. The van der Waals surface area contributed by atoms with E-state index in [0.717, 1.165) is 31.6 Å². The first-order valence-corrected chi connectivity index (χ1v) is 10.3. The van der Waals surface area contributed by atoms with E-state index in [1.54, 1.807) is 23.8 Å². The number of pyridine rings is 1. The molecule has 0 aliphatic carbocycles. The zero-order chi connectivity index (χ0) is 21.3. The van der Waals surface area contributed by atoms with Crippen molar-refractivity contribution in [1.82, 2.24) is 24.8 Å². The zero-order valence-corrected chi connectivity index (χ0v) is 17.3. The van der Waals surface area contributed by atoms with E-state index >= 15 is 0 Å². The van der Waals surface area contributed by atoms with Gasteiger partial charge in [0, 0.05) is 62.0 Å². The Hall–Kier alpha value is -3.40. The molecule has 3 aromatic heterocycles. The van der Waals surface area contributed by atoms with Crippen molar-refractivity contribution in [2.24, 2.45) is 0 Å². The number of amides is 1. The molecule has 0 radical (unpaired) electrons. The van der Waals surface area contributed by atoms with Crippen LogP contribution in [-0.2, 0) is 4.79 Å². The SMILES string of the molecule is Cc1cnccc1N1CCCN(C(=O)c2csc(-c3ncccn3)n2)CC1.O=CO. The Morgan fingerprint density at radius 2 is 1.93 bits per heavy atom. The van der Waals surface area contributed by atoms with E-state index < -0.39 is 0 Å². The number of carbonyl (C=O) groups is 2. The van der Waals surface area contributed by atoms with Gasteiger partial charge >= 0.3 is 0 Å². The van der Waals surface area contributed by atoms with E-state index in [9.17, 15) is 4.79 Å². The lowest BCUT2D eigenvalue weighted by atomic mass is 10.2. The Morgan fingerprint density at radius 3 is 2.67 bits per heavy atom. The Bertz CT molecular complexity index is 981. The van der Waals surface area contributed by atoms with Gasteiger partial charge in [-0.2, -0.15) is 0 Å². The molecule has 156 valence electrons. The third kappa shape index (κ3) is 5.15. The molecule has 30 heavy (non-hydrogen) atoms. The lowest BCUT2D eigenvalue weighted by molar-refractivity contribution is -0.122. The quantitative estimate of drug-likeness (QED) is 0.635. The molecular formula is C20H22N6O3S. The maximum absolute atomic E-state index is 12.9. The van der Waals surface area contributed by atoms with Gasteiger partial charge in [-0.25, -0.2) is 15.0 Å². The zero-order valence-electron chi connectivity index (χ0n) is 16.5. The first kappa shape index (κ1) is 21.3. The fraction of sp³-hybridized carbons (Fsp3) is 0.300. The molecule has 1 N–H and O–H groups in total. The molecule has 1 saturated heterocycles. The smallest absolute Gasteiger partial charge is 0.290 e. The summed E-state index contributed by atoms with van der Waals surface area (Å²) in [5.41, 5.74) is 2.82. The minimum absolute atomic E-state index is 0.0262. The van der Waals surface area contributed by atoms with E-state index in [1.807, 2.05) is 23.4 Å². The number of aryl methyl sites for hydroxylation is 1. The van der Waals surface area contributed by atoms with Crippen LogP contribution in [0.15, 0.2) is 42.3 Å². The van der Waals surface area contributed by atoms with Crippen LogP contribution in [0.3, 0.4) is 0 Å². The van der Waals surface area contributed by atoms with Crippen LogP contribution < -0.4 is 4.90 Å². The minimum Gasteiger partial charge on any atom is -0.483 e. The van der Waals surface area contributed by atoms with E-state index in [-0.39, 0.29) is 12.4 Å². The monoisotopic (exact) mass is 426 g/mol. The molecule has 1 aliphatic rings. The summed E-state index contributed by atoms with van der Waals surface area (Å²) in [4.78, 5) is 42.5. The predicted octanol–water partition coefficient (Wildman–Crippen LogP) is 2.36. The number of hydrogen-bond donors (Lipinski definition) is 1. The lowest BCUT2D eigenvalue weighted by Gasteiger charge is -2.24. The average molecular weight is 427 g/mol. The van der Waals surface area contributed by atoms with E-state index in [1.165, 1.54) is 17.0 Å². The van der Waals surface area contributed by atoms with Crippen LogP contribution in [0, 0.1) is 6.92 Å². The van der Waals surface area contributed by atoms with Crippen molar-refractivity contribution in [1.29, 1.82) is 0 Å². The molecule has 3 aromatic rings. The maximum atomic E-state index is 12.9. The second-order valence-electron chi connectivity index (χ2n) is 6.51. The van der Waals surface area contributed by atoms with Gasteiger partial charge in [0.2, 0.25) is 0 Å². The summed E-state index contributed by atoms with van der Waals surface area (Å²) >= 11 is 1.40. The second kappa shape index (κ2) is 10.4. The van der Waals surface area contributed by atoms with Gasteiger partial charge in [-0.1, -0.05) is 0 Å².